The predicted octanol–water partition coefficient (Wildman–Crippen LogP) is 3.54. The van der Waals surface area contributed by atoms with Gasteiger partial charge in [0, 0.05) is 35.5 Å². The van der Waals surface area contributed by atoms with Crippen LogP contribution in [0.3, 0.4) is 0 Å². The van der Waals surface area contributed by atoms with Crippen LogP contribution in [0.5, 0.6) is 5.75 Å². The van der Waals surface area contributed by atoms with Crippen molar-refractivity contribution in [2.24, 2.45) is 0 Å². The summed E-state index contributed by atoms with van der Waals surface area (Å²) < 4.78 is 19.4. The van der Waals surface area contributed by atoms with Gasteiger partial charge in [0.25, 0.3) is 5.56 Å². The summed E-state index contributed by atoms with van der Waals surface area (Å²) in [6.45, 7) is 0.180. The molecule has 0 bridgehead atoms. The molecule has 168 valence electrons. The average Bonchev–Trinajstić information content (AvgIpc) is 3.30. The van der Waals surface area contributed by atoms with E-state index >= 15 is 0 Å². The number of rotatable bonds is 8. The largest absolute Gasteiger partial charge is 0.497 e. The van der Waals surface area contributed by atoms with Crippen LogP contribution in [0.25, 0.3) is 21.8 Å². The second-order valence-electron chi connectivity index (χ2n) is 7.19. The van der Waals surface area contributed by atoms with E-state index in [1.54, 1.807) is 25.3 Å². The molecule has 0 saturated heterocycles. The van der Waals surface area contributed by atoms with E-state index in [0.717, 1.165) is 26.7 Å². The lowest BCUT2D eigenvalue weighted by atomic mass is 10.1. The van der Waals surface area contributed by atoms with Crippen LogP contribution in [0.1, 0.15) is 5.69 Å². The lowest BCUT2D eigenvalue weighted by molar-refractivity contribution is -0.121. The molecule has 0 atom stereocenters. The SMILES string of the molecule is COc1ccc(-c2nc(CCNC(=O)Cn3nc(-c4ccc(F)cc4)ccc3=O)cs2)cc1. The highest BCUT2D eigenvalue weighted by atomic mass is 32.1. The molecule has 9 heteroatoms. The number of nitrogens with one attached hydrogen (secondary N) is 1. The number of aromatic nitrogens is 3. The molecule has 2 aromatic heterocycles. The van der Waals surface area contributed by atoms with Crippen LogP contribution in [0.2, 0.25) is 0 Å². The summed E-state index contributed by atoms with van der Waals surface area (Å²) in [7, 11) is 1.62. The quantitative estimate of drug-likeness (QED) is 0.431. The minimum atomic E-state index is -0.389. The first kappa shape index (κ1) is 22.3. The van der Waals surface area contributed by atoms with Gasteiger partial charge in [-0.3, -0.25) is 9.59 Å². The van der Waals surface area contributed by atoms with Gasteiger partial charge in [0.05, 0.1) is 18.5 Å². The molecular weight excluding hydrogens is 443 g/mol. The topological polar surface area (TPSA) is 86.1 Å². The Morgan fingerprint density at radius 1 is 1.06 bits per heavy atom. The van der Waals surface area contributed by atoms with Gasteiger partial charge >= 0.3 is 0 Å². The Morgan fingerprint density at radius 3 is 2.52 bits per heavy atom. The molecule has 1 amide bonds. The van der Waals surface area contributed by atoms with Gasteiger partial charge in [0.15, 0.2) is 0 Å². The predicted molar refractivity (Wildman–Crippen MR) is 125 cm³/mol. The van der Waals surface area contributed by atoms with Crippen LogP contribution in [0.15, 0.2) is 70.8 Å². The third kappa shape index (κ3) is 5.69. The zero-order valence-corrected chi connectivity index (χ0v) is 18.6. The fourth-order valence-corrected chi connectivity index (χ4v) is 4.01. The van der Waals surface area contributed by atoms with Crippen molar-refractivity contribution in [3.8, 4) is 27.6 Å². The standard InChI is InChI=1S/C24H21FN4O3S/c1-32-20-8-4-17(5-9-20)24-27-19(15-33-24)12-13-26-22(30)14-29-23(31)11-10-21(28-29)16-2-6-18(25)7-3-16/h2-11,15H,12-14H2,1H3,(H,26,30). The maximum absolute atomic E-state index is 13.1. The summed E-state index contributed by atoms with van der Waals surface area (Å²) in [6.07, 6.45) is 0.566. The summed E-state index contributed by atoms with van der Waals surface area (Å²) in [5.41, 5.74) is 2.62. The number of methoxy groups -OCH3 is 1. The number of hydrogen-bond donors (Lipinski definition) is 1. The number of carbonyl (C=O) groups excluding carboxylic acids is 1. The molecule has 0 fully saturated rings. The lowest BCUT2D eigenvalue weighted by Gasteiger charge is -2.08. The number of nitrogens with zero attached hydrogens (tertiary/aromatic N) is 3. The number of thiazole rings is 1. The molecule has 2 aromatic carbocycles. The Bertz CT molecular complexity index is 1300. The summed E-state index contributed by atoms with van der Waals surface area (Å²) in [5, 5.41) is 9.88. The molecule has 4 aromatic rings. The molecule has 0 aliphatic rings. The molecule has 0 saturated carbocycles. The second kappa shape index (κ2) is 10.2. The van der Waals surface area contributed by atoms with E-state index in [9.17, 15) is 14.0 Å². The van der Waals surface area contributed by atoms with E-state index in [2.05, 4.69) is 15.4 Å². The number of hydrogen-bond acceptors (Lipinski definition) is 6. The monoisotopic (exact) mass is 464 g/mol. The number of halogens is 1. The Morgan fingerprint density at radius 2 is 1.79 bits per heavy atom. The molecule has 0 unspecified atom stereocenters. The van der Waals surface area contributed by atoms with Crippen molar-refractivity contribution in [3.63, 3.8) is 0 Å². The molecule has 0 aliphatic heterocycles. The van der Waals surface area contributed by atoms with Crippen LogP contribution < -0.4 is 15.6 Å². The first-order chi connectivity index (χ1) is 16.0. The highest BCUT2D eigenvalue weighted by Crippen LogP contribution is 2.25. The van der Waals surface area contributed by atoms with Gasteiger partial charge in [-0.2, -0.15) is 5.10 Å². The van der Waals surface area contributed by atoms with E-state index in [1.807, 2.05) is 29.6 Å². The normalized spacial score (nSPS) is 10.7. The summed E-state index contributed by atoms with van der Waals surface area (Å²) in [6, 6.07) is 16.3. The second-order valence-corrected chi connectivity index (χ2v) is 8.05. The maximum Gasteiger partial charge on any atom is 0.267 e. The highest BCUT2D eigenvalue weighted by Gasteiger charge is 2.10. The third-order valence-corrected chi connectivity index (χ3v) is 5.83. The van der Waals surface area contributed by atoms with Crippen LogP contribution in [0, 0.1) is 5.82 Å². The van der Waals surface area contributed by atoms with Crippen LogP contribution in [0.4, 0.5) is 4.39 Å². The van der Waals surface area contributed by atoms with Crippen molar-refractivity contribution in [2.75, 3.05) is 13.7 Å². The first-order valence-electron chi connectivity index (χ1n) is 10.2. The third-order valence-electron chi connectivity index (χ3n) is 4.89. The molecule has 0 radical (unpaired) electrons. The summed E-state index contributed by atoms with van der Waals surface area (Å²) in [5.74, 6) is 0.101. The van der Waals surface area contributed by atoms with Crippen LogP contribution >= 0.6 is 11.3 Å². The van der Waals surface area contributed by atoms with E-state index in [-0.39, 0.29) is 23.8 Å². The Kier molecular flexibility index (Phi) is 6.89. The van der Waals surface area contributed by atoms with Crippen molar-refractivity contribution in [1.82, 2.24) is 20.1 Å². The molecule has 1 N–H and O–H groups in total. The van der Waals surface area contributed by atoms with E-state index in [4.69, 9.17) is 4.74 Å². The van der Waals surface area contributed by atoms with Gasteiger partial charge in [0.1, 0.15) is 23.1 Å². The Labute approximate surface area is 193 Å². The molecule has 7 nitrogen and oxygen atoms in total. The number of carbonyl (C=O) groups is 1. The van der Waals surface area contributed by atoms with Gasteiger partial charge in [-0.1, -0.05) is 0 Å². The van der Waals surface area contributed by atoms with Crippen LogP contribution in [-0.2, 0) is 17.8 Å². The average molecular weight is 465 g/mol. The van der Waals surface area contributed by atoms with Crippen molar-refractivity contribution in [1.29, 1.82) is 0 Å². The van der Waals surface area contributed by atoms with Crippen molar-refractivity contribution >= 4 is 17.2 Å². The fourth-order valence-electron chi connectivity index (χ4n) is 3.15. The minimum absolute atomic E-state index is 0.206. The fraction of sp³-hybridized carbons (Fsp3) is 0.167. The number of ether oxygens (including phenoxy) is 1. The maximum atomic E-state index is 13.1. The molecule has 0 aliphatic carbocycles. The molecule has 2 heterocycles. The van der Waals surface area contributed by atoms with E-state index < -0.39 is 0 Å². The van der Waals surface area contributed by atoms with Gasteiger partial charge in [-0.15, -0.1) is 11.3 Å². The zero-order valence-electron chi connectivity index (χ0n) is 17.8. The Balaban J connectivity index is 1.32. The molecule has 33 heavy (non-hydrogen) atoms. The first-order valence-corrected chi connectivity index (χ1v) is 11.1. The minimum Gasteiger partial charge on any atom is -0.497 e. The molecule has 0 spiro atoms. The van der Waals surface area contributed by atoms with Gasteiger partial charge in [0.2, 0.25) is 5.91 Å². The lowest BCUT2D eigenvalue weighted by Crippen LogP contribution is -2.34. The number of benzene rings is 2. The van der Waals surface area contributed by atoms with Crippen molar-refractivity contribution in [2.45, 2.75) is 13.0 Å². The summed E-state index contributed by atoms with van der Waals surface area (Å²) >= 11 is 1.54. The smallest absolute Gasteiger partial charge is 0.267 e. The van der Waals surface area contributed by atoms with Gasteiger partial charge < -0.3 is 10.1 Å². The van der Waals surface area contributed by atoms with Crippen molar-refractivity contribution in [3.05, 3.63) is 87.9 Å². The van der Waals surface area contributed by atoms with Crippen molar-refractivity contribution < 1.29 is 13.9 Å². The molecule has 4 rings (SSSR count). The van der Waals surface area contributed by atoms with Gasteiger partial charge in [-0.05, 0) is 54.6 Å². The number of amides is 1. The molecular formula is C24H21FN4O3S. The zero-order chi connectivity index (χ0) is 23.2. The van der Waals surface area contributed by atoms with Crippen LogP contribution in [-0.4, -0.2) is 34.3 Å². The van der Waals surface area contributed by atoms with E-state index in [1.165, 1.54) is 29.5 Å². The highest BCUT2D eigenvalue weighted by molar-refractivity contribution is 7.13. The van der Waals surface area contributed by atoms with Gasteiger partial charge in [-0.25, -0.2) is 14.1 Å². The van der Waals surface area contributed by atoms with E-state index in [0.29, 0.717) is 24.2 Å². The Hall–Kier alpha value is -3.85. The summed E-state index contributed by atoms with van der Waals surface area (Å²) in [4.78, 5) is 29.1.